The number of aromatic nitrogens is 2. The van der Waals surface area contributed by atoms with Crippen molar-refractivity contribution in [3.8, 4) is 28.8 Å². The highest BCUT2D eigenvalue weighted by molar-refractivity contribution is 7.99. The summed E-state index contributed by atoms with van der Waals surface area (Å²) in [5, 5.41) is 12.4. The number of methoxy groups -OCH3 is 2. The molecule has 31 heavy (non-hydrogen) atoms. The van der Waals surface area contributed by atoms with Crippen molar-refractivity contribution in [1.29, 1.82) is 5.26 Å². The fourth-order valence-corrected chi connectivity index (χ4v) is 3.44. The molecule has 9 heteroatoms. The van der Waals surface area contributed by atoms with Gasteiger partial charge < -0.3 is 19.8 Å². The van der Waals surface area contributed by atoms with Crippen molar-refractivity contribution in [3.63, 3.8) is 0 Å². The number of ether oxygens (including phenoxy) is 2. The monoisotopic (exact) mass is 436 g/mol. The summed E-state index contributed by atoms with van der Waals surface area (Å²) in [6, 6.07) is 16.2. The summed E-state index contributed by atoms with van der Waals surface area (Å²) in [5.74, 6) is 1.20. The van der Waals surface area contributed by atoms with Gasteiger partial charge >= 0.3 is 0 Å². The van der Waals surface area contributed by atoms with E-state index in [9.17, 15) is 14.9 Å². The minimum Gasteiger partial charge on any atom is -0.497 e. The number of rotatable bonds is 8. The average molecular weight is 436 g/mol. The first-order valence-corrected chi connectivity index (χ1v) is 10.2. The van der Waals surface area contributed by atoms with Gasteiger partial charge in [0, 0.05) is 12.1 Å². The Kier molecular flexibility index (Phi) is 7.30. The van der Waals surface area contributed by atoms with Crippen LogP contribution in [-0.4, -0.2) is 35.8 Å². The first-order valence-electron chi connectivity index (χ1n) is 9.25. The molecule has 0 aliphatic rings. The number of H-pyrrole nitrogens is 1. The highest BCUT2D eigenvalue weighted by atomic mass is 32.2. The quantitative estimate of drug-likeness (QED) is 0.412. The smallest absolute Gasteiger partial charge is 0.270 e. The molecule has 1 amide bonds. The van der Waals surface area contributed by atoms with E-state index in [4.69, 9.17) is 9.47 Å². The SMILES string of the molecule is COc1ccc(-c2nc(SCC(=O)NCc3cccc(OC)c3)[nH]c(=O)c2C#N)cc1. The molecule has 0 saturated heterocycles. The number of hydrogen-bond donors (Lipinski definition) is 2. The van der Waals surface area contributed by atoms with Gasteiger partial charge in [-0.25, -0.2) is 4.98 Å². The Morgan fingerprint density at radius 2 is 1.90 bits per heavy atom. The molecule has 158 valence electrons. The van der Waals surface area contributed by atoms with Gasteiger partial charge in [0.25, 0.3) is 5.56 Å². The summed E-state index contributed by atoms with van der Waals surface area (Å²) in [7, 11) is 3.13. The zero-order chi connectivity index (χ0) is 22.2. The van der Waals surface area contributed by atoms with Gasteiger partial charge in [0.1, 0.15) is 23.1 Å². The maximum atomic E-state index is 12.3. The lowest BCUT2D eigenvalue weighted by Crippen LogP contribution is -2.25. The molecule has 0 unspecified atom stereocenters. The number of carbonyl (C=O) groups excluding carboxylic acids is 1. The molecule has 3 aromatic rings. The van der Waals surface area contributed by atoms with Gasteiger partial charge in [-0.3, -0.25) is 9.59 Å². The van der Waals surface area contributed by atoms with Crippen LogP contribution in [0.1, 0.15) is 11.1 Å². The fourth-order valence-electron chi connectivity index (χ4n) is 2.75. The van der Waals surface area contributed by atoms with Crippen LogP contribution in [0.5, 0.6) is 11.5 Å². The summed E-state index contributed by atoms with van der Waals surface area (Å²) in [6.45, 7) is 0.352. The Bertz CT molecular complexity index is 1170. The molecule has 0 radical (unpaired) electrons. The standard InChI is InChI=1S/C22H20N4O4S/c1-29-16-8-6-15(7-9-16)20-18(11-23)21(28)26-22(25-20)31-13-19(27)24-12-14-4-3-5-17(10-14)30-2/h3-10H,12-13H2,1-2H3,(H,24,27)(H,25,26,28). The van der Waals surface area contributed by atoms with Gasteiger partial charge in [0.2, 0.25) is 5.91 Å². The molecule has 0 fully saturated rings. The minimum absolute atomic E-state index is 0.0564. The van der Waals surface area contributed by atoms with Crippen molar-refractivity contribution in [2.75, 3.05) is 20.0 Å². The minimum atomic E-state index is -0.553. The van der Waals surface area contributed by atoms with E-state index in [0.29, 0.717) is 23.6 Å². The molecule has 0 saturated carbocycles. The first kappa shape index (κ1) is 21.9. The summed E-state index contributed by atoms with van der Waals surface area (Å²) in [5.41, 5.74) is 1.13. The van der Waals surface area contributed by atoms with Crippen molar-refractivity contribution in [2.24, 2.45) is 0 Å². The van der Waals surface area contributed by atoms with E-state index < -0.39 is 5.56 Å². The molecule has 1 aromatic heterocycles. The number of amides is 1. The van der Waals surface area contributed by atoms with E-state index in [1.54, 1.807) is 38.5 Å². The van der Waals surface area contributed by atoms with Crippen LogP contribution in [0.3, 0.4) is 0 Å². The third-order valence-corrected chi connectivity index (χ3v) is 5.21. The highest BCUT2D eigenvalue weighted by Crippen LogP contribution is 2.24. The molecule has 3 rings (SSSR count). The van der Waals surface area contributed by atoms with E-state index in [-0.39, 0.29) is 28.1 Å². The lowest BCUT2D eigenvalue weighted by molar-refractivity contribution is -0.118. The van der Waals surface area contributed by atoms with Crippen molar-refractivity contribution < 1.29 is 14.3 Å². The van der Waals surface area contributed by atoms with Crippen LogP contribution >= 0.6 is 11.8 Å². The number of nitrogens with one attached hydrogen (secondary N) is 2. The van der Waals surface area contributed by atoms with Crippen LogP contribution in [0.15, 0.2) is 58.5 Å². The zero-order valence-electron chi connectivity index (χ0n) is 17.0. The Morgan fingerprint density at radius 3 is 2.58 bits per heavy atom. The molecule has 0 aliphatic carbocycles. The van der Waals surface area contributed by atoms with E-state index in [2.05, 4.69) is 15.3 Å². The van der Waals surface area contributed by atoms with E-state index in [0.717, 1.165) is 17.3 Å². The fraction of sp³-hybridized carbons (Fsp3) is 0.182. The number of carbonyl (C=O) groups is 1. The van der Waals surface area contributed by atoms with Crippen molar-refractivity contribution in [3.05, 3.63) is 70.0 Å². The summed E-state index contributed by atoms with van der Waals surface area (Å²) in [4.78, 5) is 31.5. The van der Waals surface area contributed by atoms with Gasteiger partial charge in [-0.1, -0.05) is 23.9 Å². The molecule has 8 nitrogen and oxygen atoms in total. The van der Waals surface area contributed by atoms with E-state index >= 15 is 0 Å². The van der Waals surface area contributed by atoms with Crippen LogP contribution in [0, 0.1) is 11.3 Å². The van der Waals surface area contributed by atoms with Gasteiger partial charge in [-0.15, -0.1) is 0 Å². The molecule has 2 aromatic carbocycles. The summed E-state index contributed by atoms with van der Waals surface area (Å²) in [6.07, 6.45) is 0. The second kappa shape index (κ2) is 10.3. The maximum Gasteiger partial charge on any atom is 0.270 e. The van der Waals surface area contributed by atoms with Crippen LogP contribution in [-0.2, 0) is 11.3 Å². The van der Waals surface area contributed by atoms with Crippen molar-refractivity contribution in [2.45, 2.75) is 11.7 Å². The Labute approximate surface area is 183 Å². The molecular formula is C22H20N4O4S. The number of nitriles is 1. The molecular weight excluding hydrogens is 416 g/mol. The highest BCUT2D eigenvalue weighted by Gasteiger charge is 2.15. The van der Waals surface area contributed by atoms with Gasteiger partial charge in [0.05, 0.1) is 25.7 Å². The van der Waals surface area contributed by atoms with Crippen LogP contribution in [0.2, 0.25) is 0 Å². The van der Waals surface area contributed by atoms with E-state index in [1.807, 2.05) is 30.3 Å². The number of nitrogens with zero attached hydrogens (tertiary/aromatic N) is 2. The summed E-state index contributed by atoms with van der Waals surface area (Å²) >= 11 is 1.08. The lowest BCUT2D eigenvalue weighted by Gasteiger charge is -2.08. The van der Waals surface area contributed by atoms with Crippen molar-refractivity contribution >= 4 is 17.7 Å². The van der Waals surface area contributed by atoms with Gasteiger partial charge in [-0.05, 0) is 42.0 Å². The second-order valence-corrected chi connectivity index (χ2v) is 7.32. The Hall–Kier alpha value is -3.77. The number of thioether (sulfide) groups is 1. The van der Waals surface area contributed by atoms with Gasteiger partial charge in [0.15, 0.2) is 5.16 Å². The normalized spacial score (nSPS) is 10.2. The lowest BCUT2D eigenvalue weighted by atomic mass is 10.1. The number of benzene rings is 2. The van der Waals surface area contributed by atoms with Crippen LogP contribution in [0.25, 0.3) is 11.3 Å². The molecule has 0 bridgehead atoms. The maximum absolute atomic E-state index is 12.3. The molecule has 0 aliphatic heterocycles. The largest absolute Gasteiger partial charge is 0.497 e. The first-order chi connectivity index (χ1) is 15.0. The molecule has 2 N–H and O–H groups in total. The average Bonchev–Trinajstić information content (AvgIpc) is 2.81. The molecule has 1 heterocycles. The van der Waals surface area contributed by atoms with Crippen molar-refractivity contribution in [1.82, 2.24) is 15.3 Å². The van der Waals surface area contributed by atoms with E-state index in [1.165, 1.54) is 0 Å². The predicted molar refractivity (Wildman–Crippen MR) is 117 cm³/mol. The number of hydrogen-bond acceptors (Lipinski definition) is 7. The zero-order valence-corrected chi connectivity index (χ0v) is 17.8. The topological polar surface area (TPSA) is 117 Å². The Morgan fingerprint density at radius 1 is 1.16 bits per heavy atom. The van der Waals surface area contributed by atoms with Crippen LogP contribution in [0.4, 0.5) is 0 Å². The van der Waals surface area contributed by atoms with Gasteiger partial charge in [-0.2, -0.15) is 5.26 Å². The third kappa shape index (κ3) is 5.65. The number of aromatic amines is 1. The second-order valence-electron chi connectivity index (χ2n) is 6.35. The molecule has 0 spiro atoms. The third-order valence-electron chi connectivity index (χ3n) is 4.34. The summed E-state index contributed by atoms with van der Waals surface area (Å²) < 4.78 is 10.3. The predicted octanol–water partition coefficient (Wildman–Crippen LogP) is 2.73. The van der Waals surface area contributed by atoms with Crippen LogP contribution < -0.4 is 20.3 Å². The Balaban J connectivity index is 1.69. The molecule has 0 atom stereocenters.